The molecule has 2 aromatic rings. The van der Waals surface area contributed by atoms with Gasteiger partial charge in [0.05, 0.1) is 35.3 Å². The molecule has 3 amide bonds. The third kappa shape index (κ3) is 5.82. The number of hydrogen-bond acceptors (Lipinski definition) is 7. The van der Waals surface area contributed by atoms with Gasteiger partial charge in [-0.2, -0.15) is 0 Å². The van der Waals surface area contributed by atoms with E-state index in [9.17, 15) is 24.0 Å². The fourth-order valence-electron chi connectivity index (χ4n) is 4.64. The van der Waals surface area contributed by atoms with Crippen molar-refractivity contribution >= 4 is 41.0 Å². The lowest BCUT2D eigenvalue weighted by atomic mass is 9.78. The van der Waals surface area contributed by atoms with E-state index in [1.807, 2.05) is 26.0 Å². The highest BCUT2D eigenvalue weighted by Crippen LogP contribution is 2.40. The Morgan fingerprint density at radius 1 is 0.921 bits per heavy atom. The minimum absolute atomic E-state index is 0.0133. The lowest BCUT2D eigenvalue weighted by Gasteiger charge is -2.22. The first-order chi connectivity index (χ1) is 18.3. The Morgan fingerprint density at radius 3 is 2.18 bits per heavy atom. The predicted molar refractivity (Wildman–Crippen MR) is 139 cm³/mol. The smallest absolute Gasteiger partial charge is 0.338 e. The van der Waals surface area contributed by atoms with Crippen LogP contribution in [0.15, 0.2) is 60.7 Å². The number of esters is 2. The van der Waals surface area contributed by atoms with Crippen molar-refractivity contribution in [1.29, 1.82) is 0 Å². The Bertz CT molecular complexity index is 1250. The standard InChI is InChI=1S/C29H30N2O7/c1-3-4-16-37-28(35)19-8-12-21(13-9-19)30-24(32)17-38-29(36)20-10-14-22(15-11-20)31-26(33)23-7-5-6-18(2)25(23)27(31)34/h5-6,8-15,18,23,25H,3-4,7,16-17H2,1-2H3,(H,30,32)/t18-,23+,25-/m0/s1. The number of rotatable bonds is 9. The van der Waals surface area contributed by atoms with Gasteiger partial charge in [0.25, 0.3) is 5.91 Å². The summed E-state index contributed by atoms with van der Waals surface area (Å²) in [6.07, 6.45) is 6.16. The van der Waals surface area contributed by atoms with Gasteiger partial charge < -0.3 is 14.8 Å². The van der Waals surface area contributed by atoms with Gasteiger partial charge in [0, 0.05) is 5.69 Å². The Hall–Kier alpha value is -4.27. The van der Waals surface area contributed by atoms with Gasteiger partial charge in [0.2, 0.25) is 11.8 Å². The normalized spacial score (nSPS) is 20.2. The largest absolute Gasteiger partial charge is 0.462 e. The minimum Gasteiger partial charge on any atom is -0.462 e. The molecule has 0 unspecified atom stereocenters. The van der Waals surface area contributed by atoms with Crippen LogP contribution in [0.2, 0.25) is 0 Å². The minimum atomic E-state index is -0.720. The molecule has 2 aromatic carbocycles. The second kappa shape index (κ2) is 11.9. The molecule has 0 spiro atoms. The first-order valence-electron chi connectivity index (χ1n) is 12.7. The molecule has 0 aromatic heterocycles. The van der Waals surface area contributed by atoms with E-state index in [0.29, 0.717) is 30.0 Å². The molecule has 0 bridgehead atoms. The first kappa shape index (κ1) is 26.8. The molecule has 3 atom stereocenters. The van der Waals surface area contributed by atoms with Gasteiger partial charge in [-0.1, -0.05) is 32.4 Å². The number of nitrogens with one attached hydrogen (secondary N) is 1. The summed E-state index contributed by atoms with van der Waals surface area (Å²) in [4.78, 5) is 63.6. The quantitative estimate of drug-likeness (QED) is 0.229. The van der Waals surface area contributed by atoms with Crippen LogP contribution in [-0.2, 0) is 23.9 Å². The second-order valence-corrected chi connectivity index (χ2v) is 9.41. The van der Waals surface area contributed by atoms with Gasteiger partial charge in [-0.3, -0.25) is 19.3 Å². The molecule has 1 aliphatic carbocycles. The number of nitrogens with zero attached hydrogens (tertiary/aromatic N) is 1. The van der Waals surface area contributed by atoms with Crippen LogP contribution in [0.5, 0.6) is 0 Å². The van der Waals surface area contributed by atoms with Crippen LogP contribution in [0.25, 0.3) is 0 Å². The van der Waals surface area contributed by atoms with Crippen LogP contribution < -0.4 is 10.2 Å². The summed E-state index contributed by atoms with van der Waals surface area (Å²) in [5, 5.41) is 2.60. The number of benzene rings is 2. The van der Waals surface area contributed by atoms with Gasteiger partial charge in [-0.15, -0.1) is 0 Å². The highest BCUT2D eigenvalue weighted by molar-refractivity contribution is 6.22. The van der Waals surface area contributed by atoms with E-state index in [1.54, 1.807) is 24.3 Å². The van der Waals surface area contributed by atoms with E-state index < -0.39 is 24.5 Å². The molecule has 1 aliphatic heterocycles. The molecule has 1 heterocycles. The molecule has 0 radical (unpaired) electrons. The molecule has 9 nitrogen and oxygen atoms in total. The first-order valence-corrected chi connectivity index (χ1v) is 12.7. The van der Waals surface area contributed by atoms with E-state index in [1.165, 1.54) is 29.2 Å². The lowest BCUT2D eigenvalue weighted by Crippen LogP contribution is -2.31. The van der Waals surface area contributed by atoms with Crippen LogP contribution in [0.1, 0.15) is 53.8 Å². The van der Waals surface area contributed by atoms with E-state index >= 15 is 0 Å². The summed E-state index contributed by atoms with van der Waals surface area (Å²) in [6, 6.07) is 12.2. The molecule has 38 heavy (non-hydrogen) atoms. The number of unbranched alkanes of at least 4 members (excludes halogenated alkanes) is 1. The van der Waals surface area contributed by atoms with E-state index in [-0.39, 0.29) is 35.1 Å². The van der Waals surface area contributed by atoms with Crippen molar-refractivity contribution in [3.63, 3.8) is 0 Å². The Labute approximate surface area is 220 Å². The number of allylic oxidation sites excluding steroid dienone is 2. The zero-order chi connectivity index (χ0) is 27.2. The highest BCUT2D eigenvalue weighted by atomic mass is 16.5. The summed E-state index contributed by atoms with van der Waals surface area (Å²) >= 11 is 0. The zero-order valence-corrected chi connectivity index (χ0v) is 21.3. The number of fused-ring (bicyclic) bond motifs is 1. The average molecular weight is 519 g/mol. The summed E-state index contributed by atoms with van der Waals surface area (Å²) in [5.41, 5.74) is 1.38. The Morgan fingerprint density at radius 2 is 1.55 bits per heavy atom. The van der Waals surface area contributed by atoms with Crippen LogP contribution in [0.3, 0.4) is 0 Å². The summed E-state index contributed by atoms with van der Waals surface area (Å²) in [7, 11) is 0. The van der Waals surface area contributed by atoms with Gasteiger partial charge >= 0.3 is 11.9 Å². The number of ether oxygens (including phenoxy) is 2. The molecule has 1 fully saturated rings. The van der Waals surface area contributed by atoms with Crippen molar-refractivity contribution in [3.8, 4) is 0 Å². The number of carbonyl (C=O) groups is 5. The van der Waals surface area contributed by atoms with Crippen molar-refractivity contribution in [2.45, 2.75) is 33.1 Å². The Kier molecular flexibility index (Phi) is 8.35. The van der Waals surface area contributed by atoms with Gasteiger partial charge in [-0.05, 0) is 67.3 Å². The number of anilines is 2. The molecule has 198 valence electrons. The molecule has 9 heteroatoms. The van der Waals surface area contributed by atoms with Crippen molar-refractivity contribution in [2.24, 2.45) is 17.8 Å². The fraction of sp³-hybridized carbons (Fsp3) is 0.345. The van der Waals surface area contributed by atoms with Crippen molar-refractivity contribution in [3.05, 3.63) is 71.8 Å². The monoisotopic (exact) mass is 518 g/mol. The van der Waals surface area contributed by atoms with Gasteiger partial charge in [0.1, 0.15) is 0 Å². The predicted octanol–water partition coefficient (Wildman–Crippen LogP) is 4.14. The molecular weight excluding hydrogens is 488 g/mol. The molecule has 4 rings (SSSR count). The molecule has 1 N–H and O–H groups in total. The van der Waals surface area contributed by atoms with Crippen LogP contribution >= 0.6 is 0 Å². The van der Waals surface area contributed by atoms with Crippen molar-refractivity contribution < 1.29 is 33.4 Å². The zero-order valence-electron chi connectivity index (χ0n) is 21.3. The fourth-order valence-corrected chi connectivity index (χ4v) is 4.64. The molecule has 2 aliphatic rings. The molecule has 0 saturated carbocycles. The van der Waals surface area contributed by atoms with E-state index in [4.69, 9.17) is 9.47 Å². The number of amides is 3. The maximum atomic E-state index is 12.9. The SMILES string of the molecule is CCCCOC(=O)c1ccc(NC(=O)COC(=O)c2ccc(N3C(=O)[C@H]4[C@@H](C)C=CC[C@H]4C3=O)cc2)cc1. The maximum absolute atomic E-state index is 12.9. The van der Waals surface area contributed by atoms with Crippen LogP contribution in [0, 0.1) is 17.8 Å². The van der Waals surface area contributed by atoms with Crippen molar-refractivity contribution in [2.75, 3.05) is 23.4 Å². The van der Waals surface area contributed by atoms with Crippen LogP contribution in [0.4, 0.5) is 11.4 Å². The third-order valence-electron chi connectivity index (χ3n) is 6.70. The summed E-state index contributed by atoms with van der Waals surface area (Å²) in [5.74, 6) is -2.91. The second-order valence-electron chi connectivity index (χ2n) is 9.41. The topological polar surface area (TPSA) is 119 Å². The van der Waals surface area contributed by atoms with E-state index in [2.05, 4.69) is 5.32 Å². The number of carbonyl (C=O) groups excluding carboxylic acids is 5. The number of imide groups is 1. The summed E-state index contributed by atoms with van der Waals surface area (Å²) < 4.78 is 10.2. The highest BCUT2D eigenvalue weighted by Gasteiger charge is 2.50. The molecular formula is C29H30N2O7. The third-order valence-corrected chi connectivity index (χ3v) is 6.70. The van der Waals surface area contributed by atoms with Crippen LogP contribution in [-0.4, -0.2) is 42.9 Å². The maximum Gasteiger partial charge on any atom is 0.338 e. The van der Waals surface area contributed by atoms with Gasteiger partial charge in [-0.25, -0.2) is 9.59 Å². The average Bonchev–Trinajstić information content (AvgIpc) is 3.18. The molecule has 1 saturated heterocycles. The van der Waals surface area contributed by atoms with Crippen molar-refractivity contribution in [1.82, 2.24) is 0 Å². The summed E-state index contributed by atoms with van der Waals surface area (Å²) in [6.45, 7) is 3.77. The number of hydrogen-bond donors (Lipinski definition) is 1. The Balaban J connectivity index is 1.28. The lowest BCUT2D eigenvalue weighted by molar-refractivity contribution is -0.123. The van der Waals surface area contributed by atoms with E-state index in [0.717, 1.165) is 12.8 Å². The van der Waals surface area contributed by atoms with Gasteiger partial charge in [0.15, 0.2) is 6.61 Å².